The minimum absolute atomic E-state index is 0.110. The van der Waals surface area contributed by atoms with Crippen LogP contribution in [0.2, 0.25) is 0 Å². The Morgan fingerprint density at radius 1 is 1.17 bits per heavy atom. The van der Waals surface area contributed by atoms with Crippen molar-refractivity contribution in [2.24, 2.45) is 40.4 Å². The number of rotatable bonds is 4. The zero-order valence-electron chi connectivity index (χ0n) is 19.4. The highest BCUT2D eigenvalue weighted by atomic mass is 16.3. The quantitative estimate of drug-likeness (QED) is 0.638. The Bertz CT molecular complexity index is 670. The second kappa shape index (κ2) is 7.70. The summed E-state index contributed by atoms with van der Waals surface area (Å²) in [5, 5.41) is 10.2. The minimum atomic E-state index is -0.110. The molecule has 4 aliphatic carbocycles. The summed E-state index contributed by atoms with van der Waals surface area (Å²) in [6.45, 7) is 7.53. The normalized spacial score (nSPS) is 44.9. The molecule has 0 aromatic heterocycles. The van der Waals surface area contributed by atoms with E-state index in [-0.39, 0.29) is 12.0 Å². The van der Waals surface area contributed by atoms with Gasteiger partial charge in [0.1, 0.15) is 0 Å². The molecule has 0 bridgehead atoms. The number of amides is 1. The standard InChI is InChI=1S/C26H43NO2/c1-17(6-11-24(29)27(4)5)21-9-10-22-20-8-7-18-16-19(28)12-14-25(18,2)23(20)13-15-26(21,22)3/h7,17,19-23,28H,6,8-16H2,1-5H3/t17?,19?,20-,21+,22-,23-,25-,26+/m0/s1. The second-order valence-corrected chi connectivity index (χ2v) is 11.7. The van der Waals surface area contributed by atoms with Crippen molar-refractivity contribution in [1.82, 2.24) is 4.90 Å². The molecule has 0 spiro atoms. The van der Waals surface area contributed by atoms with E-state index in [0.717, 1.165) is 42.9 Å². The van der Waals surface area contributed by atoms with Crippen LogP contribution in [0.4, 0.5) is 0 Å². The van der Waals surface area contributed by atoms with Crippen LogP contribution in [0.3, 0.4) is 0 Å². The highest BCUT2D eigenvalue weighted by Gasteiger charge is 2.59. The zero-order valence-corrected chi connectivity index (χ0v) is 19.4. The van der Waals surface area contributed by atoms with Crippen LogP contribution < -0.4 is 0 Å². The third-order valence-corrected chi connectivity index (χ3v) is 10.2. The van der Waals surface area contributed by atoms with E-state index in [1.54, 1.807) is 10.5 Å². The lowest BCUT2D eigenvalue weighted by Gasteiger charge is -2.58. The maximum Gasteiger partial charge on any atom is 0.222 e. The van der Waals surface area contributed by atoms with Crippen molar-refractivity contribution in [2.45, 2.75) is 91.1 Å². The summed E-state index contributed by atoms with van der Waals surface area (Å²) in [6.07, 6.45) is 14.0. The van der Waals surface area contributed by atoms with Gasteiger partial charge in [0, 0.05) is 20.5 Å². The molecule has 4 rings (SSSR count). The molecule has 8 atom stereocenters. The van der Waals surface area contributed by atoms with E-state index in [0.29, 0.717) is 23.2 Å². The highest BCUT2D eigenvalue weighted by Crippen LogP contribution is 2.67. The van der Waals surface area contributed by atoms with E-state index < -0.39 is 0 Å². The van der Waals surface area contributed by atoms with Crippen LogP contribution in [-0.4, -0.2) is 36.1 Å². The summed E-state index contributed by atoms with van der Waals surface area (Å²) >= 11 is 0. The van der Waals surface area contributed by atoms with Crippen molar-refractivity contribution in [3.63, 3.8) is 0 Å². The first-order valence-electron chi connectivity index (χ1n) is 12.2. The molecule has 0 heterocycles. The molecule has 2 unspecified atom stereocenters. The fraction of sp³-hybridized carbons (Fsp3) is 0.885. The molecular weight excluding hydrogens is 358 g/mol. The lowest BCUT2D eigenvalue weighted by Crippen LogP contribution is -2.50. The van der Waals surface area contributed by atoms with Gasteiger partial charge in [-0.25, -0.2) is 0 Å². The van der Waals surface area contributed by atoms with Gasteiger partial charge in [0.2, 0.25) is 5.91 Å². The number of hydrogen-bond acceptors (Lipinski definition) is 2. The zero-order chi connectivity index (χ0) is 21.0. The Morgan fingerprint density at radius 2 is 1.93 bits per heavy atom. The number of nitrogens with zero attached hydrogens (tertiary/aromatic N) is 1. The molecule has 4 aliphatic rings. The van der Waals surface area contributed by atoms with Crippen LogP contribution in [-0.2, 0) is 4.79 Å². The number of aliphatic hydroxyl groups excluding tert-OH is 1. The van der Waals surface area contributed by atoms with Crippen molar-refractivity contribution in [3.05, 3.63) is 11.6 Å². The molecule has 3 saturated carbocycles. The average Bonchev–Trinajstić information content (AvgIpc) is 3.03. The number of allylic oxidation sites excluding steroid dienone is 1. The molecule has 0 aromatic rings. The molecule has 3 heteroatoms. The van der Waals surface area contributed by atoms with Gasteiger partial charge in [-0.1, -0.05) is 32.4 Å². The van der Waals surface area contributed by atoms with Gasteiger partial charge < -0.3 is 10.0 Å². The molecule has 0 saturated heterocycles. The Hall–Kier alpha value is -0.830. The monoisotopic (exact) mass is 401 g/mol. The van der Waals surface area contributed by atoms with Gasteiger partial charge in [0.15, 0.2) is 0 Å². The van der Waals surface area contributed by atoms with Crippen molar-refractivity contribution < 1.29 is 9.90 Å². The van der Waals surface area contributed by atoms with Gasteiger partial charge in [-0.15, -0.1) is 0 Å². The van der Waals surface area contributed by atoms with E-state index in [9.17, 15) is 9.90 Å². The van der Waals surface area contributed by atoms with Crippen LogP contribution in [0, 0.1) is 40.4 Å². The Kier molecular flexibility index (Phi) is 5.68. The predicted molar refractivity (Wildman–Crippen MR) is 118 cm³/mol. The molecular formula is C26H43NO2. The fourth-order valence-corrected chi connectivity index (χ4v) is 8.39. The SMILES string of the molecule is CC(CCC(=O)N(C)C)[C@H]1CC[C@H]2[C@@H]3CC=C4CC(O)CC[C@]4(C)[C@H]3CC[C@]12C. The number of carbonyl (C=O) groups excluding carboxylic acids is 1. The Balaban J connectivity index is 1.49. The van der Waals surface area contributed by atoms with Crippen LogP contribution in [0.25, 0.3) is 0 Å². The predicted octanol–water partition coefficient (Wildman–Crippen LogP) is 5.43. The molecule has 0 aromatic carbocycles. The Labute approximate surface area is 178 Å². The maximum absolute atomic E-state index is 12.1. The van der Waals surface area contributed by atoms with Gasteiger partial charge in [-0.05, 0) is 98.2 Å². The number of aliphatic hydroxyl groups is 1. The number of fused-ring (bicyclic) bond motifs is 5. The lowest BCUT2D eigenvalue weighted by atomic mass is 9.47. The van der Waals surface area contributed by atoms with Gasteiger partial charge in [-0.2, -0.15) is 0 Å². The molecule has 3 nitrogen and oxygen atoms in total. The lowest BCUT2D eigenvalue weighted by molar-refractivity contribution is -0.129. The van der Waals surface area contributed by atoms with Crippen LogP contribution in [0.1, 0.15) is 85.0 Å². The molecule has 3 fully saturated rings. The topological polar surface area (TPSA) is 40.5 Å². The third-order valence-electron chi connectivity index (χ3n) is 10.2. The van der Waals surface area contributed by atoms with E-state index in [4.69, 9.17) is 0 Å². The first kappa shape index (κ1) is 21.4. The van der Waals surface area contributed by atoms with Crippen molar-refractivity contribution in [2.75, 3.05) is 14.1 Å². The average molecular weight is 402 g/mol. The smallest absolute Gasteiger partial charge is 0.222 e. The largest absolute Gasteiger partial charge is 0.393 e. The second-order valence-electron chi connectivity index (χ2n) is 11.7. The molecule has 29 heavy (non-hydrogen) atoms. The van der Waals surface area contributed by atoms with Crippen LogP contribution in [0.5, 0.6) is 0 Å². The summed E-state index contributed by atoms with van der Waals surface area (Å²) in [5.74, 6) is 4.18. The van der Waals surface area contributed by atoms with E-state index in [2.05, 4.69) is 26.8 Å². The first-order chi connectivity index (χ1) is 13.7. The van der Waals surface area contributed by atoms with Crippen molar-refractivity contribution in [1.29, 1.82) is 0 Å². The third kappa shape index (κ3) is 3.50. The molecule has 164 valence electrons. The molecule has 1 amide bonds. The summed E-state index contributed by atoms with van der Waals surface area (Å²) in [5.41, 5.74) is 2.37. The first-order valence-corrected chi connectivity index (χ1v) is 12.2. The van der Waals surface area contributed by atoms with E-state index >= 15 is 0 Å². The molecule has 0 radical (unpaired) electrons. The Morgan fingerprint density at radius 3 is 2.66 bits per heavy atom. The van der Waals surface area contributed by atoms with Crippen LogP contribution in [0.15, 0.2) is 11.6 Å². The van der Waals surface area contributed by atoms with Gasteiger partial charge in [0.05, 0.1) is 6.10 Å². The van der Waals surface area contributed by atoms with E-state index in [1.807, 2.05) is 14.1 Å². The van der Waals surface area contributed by atoms with Gasteiger partial charge in [0.25, 0.3) is 0 Å². The summed E-state index contributed by atoms with van der Waals surface area (Å²) < 4.78 is 0. The van der Waals surface area contributed by atoms with Gasteiger partial charge in [-0.3, -0.25) is 4.79 Å². The highest BCUT2D eigenvalue weighted by molar-refractivity contribution is 5.75. The maximum atomic E-state index is 12.1. The van der Waals surface area contributed by atoms with E-state index in [1.165, 1.54) is 38.5 Å². The summed E-state index contributed by atoms with van der Waals surface area (Å²) in [4.78, 5) is 13.8. The van der Waals surface area contributed by atoms with Crippen molar-refractivity contribution >= 4 is 5.91 Å². The molecule has 0 aliphatic heterocycles. The molecule has 1 N–H and O–H groups in total. The number of carbonyl (C=O) groups is 1. The minimum Gasteiger partial charge on any atom is -0.393 e. The number of hydrogen-bond donors (Lipinski definition) is 1. The van der Waals surface area contributed by atoms with Crippen LogP contribution >= 0.6 is 0 Å². The van der Waals surface area contributed by atoms with Gasteiger partial charge >= 0.3 is 0 Å². The van der Waals surface area contributed by atoms with Crippen molar-refractivity contribution in [3.8, 4) is 0 Å². The summed E-state index contributed by atoms with van der Waals surface area (Å²) in [6, 6.07) is 0. The fourth-order valence-electron chi connectivity index (χ4n) is 8.39. The summed E-state index contributed by atoms with van der Waals surface area (Å²) in [7, 11) is 3.74.